The number of amides is 4. The first-order chi connectivity index (χ1) is 13.4. The molecule has 1 aliphatic carbocycles. The Morgan fingerprint density at radius 2 is 1.79 bits per heavy atom. The minimum Gasteiger partial charge on any atom is -0.347 e. The molecule has 152 valence electrons. The minimum absolute atomic E-state index is 0.164. The van der Waals surface area contributed by atoms with Crippen molar-refractivity contribution in [3.05, 3.63) is 35.4 Å². The smallest absolute Gasteiger partial charge is 0.325 e. The van der Waals surface area contributed by atoms with Gasteiger partial charge in [-0.1, -0.05) is 64.3 Å². The van der Waals surface area contributed by atoms with Gasteiger partial charge in [0.25, 0.3) is 5.91 Å². The van der Waals surface area contributed by atoms with Crippen molar-refractivity contribution in [1.82, 2.24) is 15.5 Å². The van der Waals surface area contributed by atoms with Crippen molar-refractivity contribution < 1.29 is 14.4 Å². The predicted octanol–water partition coefficient (Wildman–Crippen LogP) is 3.32. The number of hydrogen-bond donors (Lipinski definition) is 2. The molecule has 1 atom stereocenters. The molecule has 0 aromatic heterocycles. The fourth-order valence-corrected chi connectivity index (χ4v) is 4.27. The van der Waals surface area contributed by atoms with Crippen LogP contribution in [0.15, 0.2) is 24.3 Å². The largest absolute Gasteiger partial charge is 0.347 e. The van der Waals surface area contributed by atoms with E-state index in [1.54, 1.807) is 0 Å². The van der Waals surface area contributed by atoms with Crippen molar-refractivity contribution in [2.75, 3.05) is 6.54 Å². The zero-order valence-electron chi connectivity index (χ0n) is 17.1. The van der Waals surface area contributed by atoms with Crippen LogP contribution in [0.2, 0.25) is 0 Å². The molecule has 28 heavy (non-hydrogen) atoms. The molecular weight excluding hydrogens is 354 g/mol. The maximum atomic E-state index is 12.9. The second-order valence-electron chi connectivity index (χ2n) is 8.35. The summed E-state index contributed by atoms with van der Waals surface area (Å²) in [6.07, 6.45) is 5.22. The van der Waals surface area contributed by atoms with E-state index in [1.807, 2.05) is 26.0 Å². The summed E-state index contributed by atoms with van der Waals surface area (Å²) in [5.74, 6) is -0.375. The van der Waals surface area contributed by atoms with Crippen molar-refractivity contribution in [1.29, 1.82) is 0 Å². The molecule has 1 unspecified atom stereocenters. The molecule has 0 bridgehead atoms. The lowest BCUT2D eigenvalue weighted by molar-refractivity contribution is -0.136. The lowest BCUT2D eigenvalue weighted by Crippen LogP contribution is -2.49. The summed E-state index contributed by atoms with van der Waals surface area (Å²) in [7, 11) is 0. The molecule has 1 aromatic carbocycles. The predicted molar refractivity (Wildman–Crippen MR) is 108 cm³/mol. The normalized spacial score (nSPS) is 19.8. The van der Waals surface area contributed by atoms with E-state index in [-0.39, 0.29) is 30.3 Å². The van der Waals surface area contributed by atoms with Crippen LogP contribution in [0.5, 0.6) is 0 Å². The third-order valence-corrected chi connectivity index (χ3v) is 5.98. The van der Waals surface area contributed by atoms with Gasteiger partial charge in [0.05, 0.1) is 6.04 Å². The highest BCUT2D eigenvalue weighted by atomic mass is 16.2. The highest BCUT2D eigenvalue weighted by Crippen LogP contribution is 2.33. The minimum atomic E-state index is -0.789. The molecule has 1 saturated heterocycles. The van der Waals surface area contributed by atoms with Gasteiger partial charge in [0.1, 0.15) is 12.1 Å². The van der Waals surface area contributed by atoms with E-state index in [1.165, 1.54) is 5.56 Å². The van der Waals surface area contributed by atoms with Crippen LogP contribution in [0.1, 0.15) is 70.0 Å². The van der Waals surface area contributed by atoms with Gasteiger partial charge in [0.15, 0.2) is 0 Å². The van der Waals surface area contributed by atoms with Crippen LogP contribution >= 0.6 is 0 Å². The van der Waals surface area contributed by atoms with Crippen LogP contribution in [-0.4, -0.2) is 34.8 Å². The van der Waals surface area contributed by atoms with Gasteiger partial charge in [-0.2, -0.15) is 0 Å². The molecule has 1 spiro atoms. The van der Waals surface area contributed by atoms with E-state index in [9.17, 15) is 14.4 Å². The highest BCUT2D eigenvalue weighted by Gasteiger charge is 2.51. The monoisotopic (exact) mass is 385 g/mol. The Balaban J connectivity index is 1.67. The number of rotatable bonds is 6. The van der Waals surface area contributed by atoms with Crippen LogP contribution in [0.4, 0.5) is 4.79 Å². The number of carbonyl (C=O) groups is 3. The van der Waals surface area contributed by atoms with Crippen LogP contribution < -0.4 is 10.6 Å². The van der Waals surface area contributed by atoms with Crippen molar-refractivity contribution in [2.24, 2.45) is 5.92 Å². The molecule has 1 heterocycles. The van der Waals surface area contributed by atoms with Gasteiger partial charge in [-0.05, 0) is 36.3 Å². The third kappa shape index (κ3) is 4.05. The number of benzene rings is 1. The van der Waals surface area contributed by atoms with Crippen molar-refractivity contribution >= 4 is 17.8 Å². The third-order valence-electron chi connectivity index (χ3n) is 5.98. The highest BCUT2D eigenvalue weighted by molar-refractivity contribution is 6.09. The Kier molecular flexibility index (Phi) is 6.06. The Labute approximate surface area is 167 Å². The van der Waals surface area contributed by atoms with Crippen LogP contribution in [0.25, 0.3) is 0 Å². The maximum Gasteiger partial charge on any atom is 0.325 e. The number of imide groups is 1. The number of nitrogens with zero attached hydrogens (tertiary/aromatic N) is 1. The average molecular weight is 386 g/mol. The van der Waals surface area contributed by atoms with E-state index < -0.39 is 11.6 Å². The van der Waals surface area contributed by atoms with Gasteiger partial charge in [-0.15, -0.1) is 0 Å². The molecule has 4 amide bonds. The molecule has 2 aliphatic rings. The summed E-state index contributed by atoms with van der Waals surface area (Å²) >= 11 is 0. The van der Waals surface area contributed by atoms with Crippen LogP contribution in [0, 0.1) is 5.92 Å². The Morgan fingerprint density at radius 1 is 1.14 bits per heavy atom. The first-order valence-electron chi connectivity index (χ1n) is 10.4. The topological polar surface area (TPSA) is 78.5 Å². The van der Waals surface area contributed by atoms with Crippen LogP contribution in [-0.2, 0) is 16.0 Å². The molecule has 6 nitrogen and oxygen atoms in total. The quantitative estimate of drug-likeness (QED) is 0.738. The van der Waals surface area contributed by atoms with Gasteiger partial charge in [-0.25, -0.2) is 4.79 Å². The van der Waals surface area contributed by atoms with Gasteiger partial charge in [0.2, 0.25) is 5.91 Å². The number of carbonyl (C=O) groups excluding carboxylic acids is 3. The first-order valence-corrected chi connectivity index (χ1v) is 10.4. The molecule has 2 fully saturated rings. The van der Waals surface area contributed by atoms with E-state index in [0.29, 0.717) is 12.8 Å². The fraction of sp³-hybridized carbons (Fsp3) is 0.591. The zero-order valence-corrected chi connectivity index (χ0v) is 17.1. The molecule has 3 rings (SSSR count). The Hall–Kier alpha value is -2.37. The van der Waals surface area contributed by atoms with E-state index in [0.717, 1.165) is 36.1 Å². The molecule has 2 N–H and O–H groups in total. The number of nitrogens with one attached hydrogen (secondary N) is 2. The molecule has 1 saturated carbocycles. The van der Waals surface area contributed by atoms with Gasteiger partial charge in [-0.3, -0.25) is 14.5 Å². The first kappa shape index (κ1) is 20.4. The summed E-state index contributed by atoms with van der Waals surface area (Å²) in [4.78, 5) is 39.0. The standard InChI is InChI=1S/C22H31N3O3/c1-4-16-8-10-17(11-9-16)19(15(2)3)23-18(26)14-25-20(27)22(24-21(25)28)12-6-5-7-13-22/h8-11,15,19H,4-7,12-14H2,1-3H3,(H,23,26)(H,24,28). The SMILES string of the molecule is CCc1ccc(C(NC(=O)CN2C(=O)NC3(CCCCC3)C2=O)C(C)C)cc1. The van der Waals surface area contributed by atoms with Gasteiger partial charge in [0, 0.05) is 0 Å². The van der Waals surface area contributed by atoms with Crippen molar-refractivity contribution in [2.45, 2.75) is 70.9 Å². The second-order valence-corrected chi connectivity index (χ2v) is 8.35. The second kappa shape index (κ2) is 8.33. The van der Waals surface area contributed by atoms with Gasteiger partial charge < -0.3 is 10.6 Å². The summed E-state index contributed by atoms with van der Waals surface area (Å²) in [6, 6.07) is 7.60. The Morgan fingerprint density at radius 3 is 2.36 bits per heavy atom. The number of aryl methyl sites for hydroxylation is 1. The summed E-state index contributed by atoms with van der Waals surface area (Å²) in [5.41, 5.74) is 1.49. The maximum absolute atomic E-state index is 12.9. The van der Waals surface area contributed by atoms with E-state index in [2.05, 4.69) is 29.7 Å². The molecule has 0 radical (unpaired) electrons. The molecule has 6 heteroatoms. The molecule has 1 aromatic rings. The summed E-state index contributed by atoms with van der Waals surface area (Å²) < 4.78 is 0. The summed E-state index contributed by atoms with van der Waals surface area (Å²) in [6.45, 7) is 5.96. The zero-order chi connectivity index (χ0) is 20.3. The molecular formula is C22H31N3O3. The number of urea groups is 1. The van der Waals surface area contributed by atoms with Gasteiger partial charge >= 0.3 is 6.03 Å². The summed E-state index contributed by atoms with van der Waals surface area (Å²) in [5, 5.41) is 5.87. The molecule has 1 aliphatic heterocycles. The lowest BCUT2D eigenvalue weighted by Gasteiger charge is -2.30. The fourth-order valence-electron chi connectivity index (χ4n) is 4.27. The van der Waals surface area contributed by atoms with E-state index >= 15 is 0 Å². The average Bonchev–Trinajstić information content (AvgIpc) is 2.90. The van der Waals surface area contributed by atoms with E-state index in [4.69, 9.17) is 0 Å². The Bertz CT molecular complexity index is 736. The lowest BCUT2D eigenvalue weighted by atomic mass is 9.82. The van der Waals surface area contributed by atoms with Crippen molar-refractivity contribution in [3.63, 3.8) is 0 Å². The van der Waals surface area contributed by atoms with Crippen molar-refractivity contribution in [3.8, 4) is 0 Å². The number of hydrogen-bond acceptors (Lipinski definition) is 3. The van der Waals surface area contributed by atoms with Crippen LogP contribution in [0.3, 0.4) is 0 Å².